The minimum Gasteiger partial charge on any atom is -0.326 e. The van der Waals surface area contributed by atoms with E-state index in [-0.39, 0.29) is 0 Å². The first-order chi connectivity index (χ1) is 6.81. The Balaban J connectivity index is 1.93. The maximum atomic E-state index is 5.97. The van der Waals surface area contributed by atoms with Gasteiger partial charge in [-0.05, 0) is 25.5 Å². The number of nitrogens with two attached hydrogens (primary N) is 1. The average Bonchev–Trinajstić information content (AvgIpc) is 2.65. The monoisotopic (exact) mass is 214 g/mol. The van der Waals surface area contributed by atoms with Crippen LogP contribution < -0.4 is 5.73 Å². The summed E-state index contributed by atoms with van der Waals surface area (Å²) in [4.78, 5) is 2.64. The van der Waals surface area contributed by atoms with Crippen LogP contribution in [0.3, 0.4) is 0 Å². The topological polar surface area (TPSA) is 29.3 Å². The third-order valence-electron chi connectivity index (χ3n) is 3.70. The Bertz CT molecular complexity index is 186. The second-order valence-corrected chi connectivity index (χ2v) is 5.75. The molecule has 0 amide bonds. The van der Waals surface area contributed by atoms with E-state index in [4.69, 9.17) is 5.73 Å². The molecule has 82 valence electrons. The molecule has 0 radical (unpaired) electrons. The molecule has 1 saturated carbocycles. The van der Waals surface area contributed by atoms with Gasteiger partial charge in [-0.25, -0.2) is 0 Å². The van der Waals surface area contributed by atoms with Crippen molar-refractivity contribution in [1.29, 1.82) is 0 Å². The molecule has 3 heteroatoms. The Morgan fingerprint density at radius 2 is 2.00 bits per heavy atom. The van der Waals surface area contributed by atoms with E-state index in [1.54, 1.807) is 0 Å². The fraction of sp³-hybridized carbons (Fsp3) is 1.00. The zero-order chi connectivity index (χ0) is 9.97. The van der Waals surface area contributed by atoms with E-state index in [0.717, 1.165) is 17.8 Å². The van der Waals surface area contributed by atoms with Gasteiger partial charge in [-0.3, -0.25) is 4.90 Å². The summed E-state index contributed by atoms with van der Waals surface area (Å²) in [6, 6.07) is 1.27. The number of rotatable bonds is 2. The van der Waals surface area contributed by atoms with Gasteiger partial charge in [-0.15, -0.1) is 0 Å². The van der Waals surface area contributed by atoms with E-state index < -0.39 is 0 Å². The molecule has 1 aliphatic heterocycles. The van der Waals surface area contributed by atoms with Crippen LogP contribution in [0.1, 0.15) is 32.1 Å². The maximum absolute atomic E-state index is 5.97. The number of hydrogen-bond acceptors (Lipinski definition) is 3. The fourth-order valence-corrected chi connectivity index (χ4v) is 3.91. The van der Waals surface area contributed by atoms with Gasteiger partial charge in [0, 0.05) is 30.4 Å². The van der Waals surface area contributed by atoms with E-state index in [1.165, 1.54) is 38.6 Å². The van der Waals surface area contributed by atoms with E-state index in [1.807, 2.05) is 0 Å². The summed E-state index contributed by atoms with van der Waals surface area (Å²) in [6.45, 7) is 2.38. The van der Waals surface area contributed by atoms with Crippen LogP contribution >= 0.6 is 11.8 Å². The predicted molar refractivity (Wildman–Crippen MR) is 63.7 cm³/mol. The van der Waals surface area contributed by atoms with Gasteiger partial charge in [-0.2, -0.15) is 11.8 Å². The van der Waals surface area contributed by atoms with Crippen molar-refractivity contribution in [3.8, 4) is 0 Å². The Labute approximate surface area is 91.6 Å². The molecular weight excluding hydrogens is 192 g/mol. The predicted octanol–water partition coefficient (Wildman–Crippen LogP) is 1.69. The van der Waals surface area contributed by atoms with Crippen molar-refractivity contribution in [2.75, 3.05) is 19.3 Å². The van der Waals surface area contributed by atoms with E-state index in [2.05, 4.69) is 22.9 Å². The standard InChI is InChI=1S/C11H22N2S/c1-14-11-5-3-2-4-10(11)13-7-6-9(12)8-13/h9-11H,2-8,12H2,1H3. The van der Waals surface area contributed by atoms with Crippen molar-refractivity contribution in [2.45, 2.75) is 49.4 Å². The first-order valence-electron chi connectivity index (χ1n) is 5.83. The molecule has 1 aliphatic carbocycles. The summed E-state index contributed by atoms with van der Waals surface area (Å²) in [5, 5.41) is 0.869. The lowest BCUT2D eigenvalue weighted by atomic mass is 9.94. The highest BCUT2D eigenvalue weighted by molar-refractivity contribution is 7.99. The molecular formula is C11H22N2S. The van der Waals surface area contributed by atoms with Crippen LogP contribution in [0.15, 0.2) is 0 Å². The fourth-order valence-electron chi connectivity index (χ4n) is 2.89. The van der Waals surface area contributed by atoms with Crippen LogP contribution in [0.25, 0.3) is 0 Å². The van der Waals surface area contributed by atoms with Gasteiger partial charge in [0.05, 0.1) is 0 Å². The van der Waals surface area contributed by atoms with Gasteiger partial charge in [0.1, 0.15) is 0 Å². The van der Waals surface area contributed by atoms with Gasteiger partial charge in [0.15, 0.2) is 0 Å². The summed E-state index contributed by atoms with van der Waals surface area (Å²) in [7, 11) is 0. The van der Waals surface area contributed by atoms with Crippen molar-refractivity contribution < 1.29 is 0 Å². The summed E-state index contributed by atoms with van der Waals surface area (Å²) in [5.41, 5.74) is 5.97. The molecule has 2 rings (SSSR count). The summed E-state index contributed by atoms with van der Waals surface area (Å²) in [5.74, 6) is 0. The summed E-state index contributed by atoms with van der Waals surface area (Å²) in [6.07, 6.45) is 9.14. The largest absolute Gasteiger partial charge is 0.326 e. The quantitative estimate of drug-likeness (QED) is 0.758. The molecule has 0 aromatic heterocycles. The Morgan fingerprint density at radius 1 is 1.21 bits per heavy atom. The van der Waals surface area contributed by atoms with Crippen LogP contribution in [0.4, 0.5) is 0 Å². The van der Waals surface area contributed by atoms with Gasteiger partial charge < -0.3 is 5.73 Å². The zero-order valence-electron chi connectivity index (χ0n) is 9.11. The maximum Gasteiger partial charge on any atom is 0.0215 e. The van der Waals surface area contributed by atoms with Crippen LogP contribution in [-0.2, 0) is 0 Å². The second kappa shape index (κ2) is 4.86. The first-order valence-corrected chi connectivity index (χ1v) is 7.12. The van der Waals surface area contributed by atoms with Crippen molar-refractivity contribution in [3.05, 3.63) is 0 Å². The molecule has 0 aromatic rings. The average molecular weight is 214 g/mol. The highest BCUT2D eigenvalue weighted by Crippen LogP contribution is 2.32. The third kappa shape index (κ3) is 2.26. The minimum absolute atomic E-state index is 0.444. The van der Waals surface area contributed by atoms with Crippen LogP contribution in [-0.4, -0.2) is 41.6 Å². The Hall–Kier alpha value is 0.270. The van der Waals surface area contributed by atoms with E-state index >= 15 is 0 Å². The molecule has 0 spiro atoms. The highest BCUT2D eigenvalue weighted by Gasteiger charge is 2.32. The Kier molecular flexibility index (Phi) is 3.74. The molecule has 14 heavy (non-hydrogen) atoms. The van der Waals surface area contributed by atoms with Crippen LogP contribution in [0.5, 0.6) is 0 Å². The lowest BCUT2D eigenvalue weighted by Crippen LogP contribution is -2.43. The van der Waals surface area contributed by atoms with Crippen molar-refractivity contribution in [2.24, 2.45) is 5.73 Å². The summed E-state index contributed by atoms with van der Waals surface area (Å²) >= 11 is 2.06. The molecule has 3 unspecified atom stereocenters. The van der Waals surface area contributed by atoms with Crippen molar-refractivity contribution in [3.63, 3.8) is 0 Å². The molecule has 2 fully saturated rings. The van der Waals surface area contributed by atoms with Crippen molar-refractivity contribution >= 4 is 11.8 Å². The van der Waals surface area contributed by atoms with Gasteiger partial charge in [-0.1, -0.05) is 12.8 Å². The van der Waals surface area contributed by atoms with Gasteiger partial charge in [0.25, 0.3) is 0 Å². The first kappa shape index (κ1) is 10.8. The molecule has 2 aliphatic rings. The lowest BCUT2D eigenvalue weighted by Gasteiger charge is -2.37. The zero-order valence-corrected chi connectivity index (χ0v) is 9.93. The van der Waals surface area contributed by atoms with E-state index in [0.29, 0.717) is 6.04 Å². The van der Waals surface area contributed by atoms with Gasteiger partial charge in [0.2, 0.25) is 0 Å². The normalized spacial score (nSPS) is 40.3. The minimum atomic E-state index is 0.444. The molecule has 0 bridgehead atoms. The SMILES string of the molecule is CSC1CCCCC1N1CCC(N)C1. The Morgan fingerprint density at radius 3 is 2.64 bits per heavy atom. The molecule has 1 saturated heterocycles. The summed E-state index contributed by atoms with van der Waals surface area (Å²) < 4.78 is 0. The number of hydrogen-bond donors (Lipinski definition) is 1. The third-order valence-corrected chi connectivity index (χ3v) is 4.85. The molecule has 0 aromatic carbocycles. The molecule has 1 heterocycles. The van der Waals surface area contributed by atoms with E-state index in [9.17, 15) is 0 Å². The van der Waals surface area contributed by atoms with Crippen LogP contribution in [0, 0.1) is 0 Å². The number of likely N-dealkylation sites (tertiary alicyclic amines) is 1. The van der Waals surface area contributed by atoms with Gasteiger partial charge >= 0.3 is 0 Å². The van der Waals surface area contributed by atoms with Crippen LogP contribution in [0.2, 0.25) is 0 Å². The number of thioether (sulfide) groups is 1. The lowest BCUT2D eigenvalue weighted by molar-refractivity contribution is 0.196. The molecule has 2 nitrogen and oxygen atoms in total. The molecule has 2 N–H and O–H groups in total. The smallest absolute Gasteiger partial charge is 0.0215 e. The second-order valence-electron chi connectivity index (χ2n) is 4.67. The highest BCUT2D eigenvalue weighted by atomic mass is 32.2. The number of nitrogens with zero attached hydrogens (tertiary/aromatic N) is 1. The van der Waals surface area contributed by atoms with Crippen molar-refractivity contribution in [1.82, 2.24) is 4.90 Å². The molecule has 3 atom stereocenters.